The third-order valence-corrected chi connectivity index (χ3v) is 5.76. The lowest BCUT2D eigenvalue weighted by molar-refractivity contribution is -0.118. The van der Waals surface area contributed by atoms with E-state index in [0.29, 0.717) is 17.0 Å². The van der Waals surface area contributed by atoms with E-state index in [9.17, 15) is 9.59 Å². The largest absolute Gasteiger partial charge is 0.490 e. The number of nitrogens with zero attached hydrogens (tertiary/aromatic N) is 1. The monoisotopic (exact) mass is 417 g/mol. The summed E-state index contributed by atoms with van der Waals surface area (Å²) in [5, 5.41) is 6.91. The zero-order chi connectivity index (χ0) is 21.2. The predicted molar refractivity (Wildman–Crippen MR) is 116 cm³/mol. The van der Waals surface area contributed by atoms with Crippen molar-refractivity contribution in [3.05, 3.63) is 60.3 Å². The summed E-state index contributed by atoms with van der Waals surface area (Å²) < 4.78 is 11.6. The van der Waals surface area contributed by atoms with Crippen LogP contribution in [0, 0.1) is 0 Å². The van der Waals surface area contributed by atoms with Crippen molar-refractivity contribution >= 4 is 28.4 Å². The summed E-state index contributed by atoms with van der Waals surface area (Å²) >= 11 is 0. The molecular formula is C24H23N3O4. The Kier molecular flexibility index (Phi) is 5.16. The molecule has 7 nitrogen and oxygen atoms in total. The second-order valence-electron chi connectivity index (χ2n) is 7.97. The molecule has 2 heterocycles. The number of fused-ring (bicyclic) bond motifs is 2. The van der Waals surface area contributed by atoms with Crippen molar-refractivity contribution in [3.8, 4) is 11.5 Å². The van der Waals surface area contributed by atoms with Crippen LogP contribution in [0.4, 0.5) is 5.69 Å². The molecule has 1 fully saturated rings. The zero-order valence-corrected chi connectivity index (χ0v) is 17.0. The van der Waals surface area contributed by atoms with Crippen molar-refractivity contribution in [1.29, 1.82) is 0 Å². The van der Waals surface area contributed by atoms with E-state index in [-0.39, 0.29) is 30.6 Å². The summed E-state index contributed by atoms with van der Waals surface area (Å²) in [5.74, 6) is 1.06. The number of hydrogen-bond donors (Lipinski definition) is 2. The van der Waals surface area contributed by atoms with Crippen LogP contribution >= 0.6 is 0 Å². The van der Waals surface area contributed by atoms with Crippen LogP contribution in [0.25, 0.3) is 10.9 Å². The molecule has 7 heteroatoms. The molecule has 31 heavy (non-hydrogen) atoms. The van der Waals surface area contributed by atoms with Gasteiger partial charge in [-0.2, -0.15) is 0 Å². The lowest BCUT2D eigenvalue weighted by Gasteiger charge is -2.29. The van der Waals surface area contributed by atoms with E-state index in [0.717, 1.165) is 42.3 Å². The van der Waals surface area contributed by atoms with E-state index >= 15 is 0 Å². The molecule has 0 radical (unpaired) electrons. The van der Waals surface area contributed by atoms with Crippen LogP contribution in [0.1, 0.15) is 36.0 Å². The van der Waals surface area contributed by atoms with Crippen molar-refractivity contribution < 1.29 is 19.1 Å². The summed E-state index contributed by atoms with van der Waals surface area (Å²) in [5.41, 5.74) is 2.07. The number of nitrogens with one attached hydrogen (secondary N) is 2. The molecule has 0 atom stereocenters. The SMILES string of the molecule is O=C1COc2cc(C(=O)NC3CCC(Oc4ccc5ncccc5c4)CC3)ccc2N1. The highest BCUT2D eigenvalue weighted by atomic mass is 16.5. The third kappa shape index (κ3) is 4.30. The molecular weight excluding hydrogens is 394 g/mol. The van der Waals surface area contributed by atoms with Gasteiger partial charge in [0.2, 0.25) is 0 Å². The predicted octanol–water partition coefficient (Wildman–Crippen LogP) is 3.69. The van der Waals surface area contributed by atoms with Gasteiger partial charge in [-0.15, -0.1) is 0 Å². The summed E-state index contributed by atoms with van der Waals surface area (Å²) in [6.45, 7) is -0.0319. The van der Waals surface area contributed by atoms with Gasteiger partial charge in [0.05, 0.1) is 17.3 Å². The molecule has 1 aliphatic carbocycles. The van der Waals surface area contributed by atoms with Gasteiger partial charge in [0.25, 0.3) is 11.8 Å². The smallest absolute Gasteiger partial charge is 0.262 e. The Morgan fingerprint density at radius 3 is 2.84 bits per heavy atom. The fourth-order valence-corrected chi connectivity index (χ4v) is 4.13. The summed E-state index contributed by atoms with van der Waals surface area (Å²) in [4.78, 5) is 28.4. The van der Waals surface area contributed by atoms with Crippen molar-refractivity contribution in [2.75, 3.05) is 11.9 Å². The number of carbonyl (C=O) groups excluding carboxylic acids is 2. The Labute approximate surface area is 179 Å². The number of amides is 2. The first-order chi connectivity index (χ1) is 15.1. The van der Waals surface area contributed by atoms with Gasteiger partial charge in [-0.25, -0.2) is 0 Å². The van der Waals surface area contributed by atoms with Crippen LogP contribution < -0.4 is 20.1 Å². The average Bonchev–Trinajstić information content (AvgIpc) is 2.80. The topological polar surface area (TPSA) is 89.6 Å². The first-order valence-corrected chi connectivity index (χ1v) is 10.5. The highest BCUT2D eigenvalue weighted by Gasteiger charge is 2.25. The van der Waals surface area contributed by atoms with Crippen molar-refractivity contribution in [2.24, 2.45) is 0 Å². The lowest BCUT2D eigenvalue weighted by Crippen LogP contribution is -2.39. The van der Waals surface area contributed by atoms with Gasteiger partial charge in [0, 0.05) is 23.2 Å². The van der Waals surface area contributed by atoms with Gasteiger partial charge in [0.15, 0.2) is 6.61 Å². The normalized spacial score (nSPS) is 20.3. The van der Waals surface area contributed by atoms with Crippen LogP contribution in [0.15, 0.2) is 54.7 Å². The number of rotatable bonds is 4. The molecule has 3 aromatic rings. The van der Waals surface area contributed by atoms with Crippen LogP contribution in [-0.4, -0.2) is 35.6 Å². The van der Waals surface area contributed by atoms with Crippen molar-refractivity contribution in [1.82, 2.24) is 10.3 Å². The maximum atomic E-state index is 12.7. The molecule has 5 rings (SSSR count). The van der Waals surface area contributed by atoms with Gasteiger partial charge >= 0.3 is 0 Å². The highest BCUT2D eigenvalue weighted by Crippen LogP contribution is 2.29. The number of carbonyl (C=O) groups is 2. The maximum absolute atomic E-state index is 12.7. The quantitative estimate of drug-likeness (QED) is 0.676. The van der Waals surface area contributed by atoms with E-state index in [4.69, 9.17) is 9.47 Å². The Bertz CT molecular complexity index is 1140. The van der Waals surface area contributed by atoms with E-state index < -0.39 is 0 Å². The van der Waals surface area contributed by atoms with Gasteiger partial charge < -0.3 is 20.1 Å². The van der Waals surface area contributed by atoms with E-state index in [2.05, 4.69) is 15.6 Å². The second-order valence-corrected chi connectivity index (χ2v) is 7.97. The van der Waals surface area contributed by atoms with E-state index in [1.807, 2.05) is 30.3 Å². The zero-order valence-electron chi connectivity index (χ0n) is 17.0. The Balaban J connectivity index is 1.15. The fourth-order valence-electron chi connectivity index (χ4n) is 4.13. The van der Waals surface area contributed by atoms with Crippen LogP contribution in [0.3, 0.4) is 0 Å². The minimum atomic E-state index is -0.191. The number of anilines is 1. The van der Waals surface area contributed by atoms with Crippen LogP contribution in [0.5, 0.6) is 11.5 Å². The molecule has 0 bridgehead atoms. The molecule has 0 spiro atoms. The minimum absolute atomic E-state index is 0.0319. The average molecular weight is 417 g/mol. The lowest BCUT2D eigenvalue weighted by atomic mass is 9.92. The Morgan fingerprint density at radius 2 is 1.97 bits per heavy atom. The van der Waals surface area contributed by atoms with Crippen LogP contribution in [0.2, 0.25) is 0 Å². The third-order valence-electron chi connectivity index (χ3n) is 5.76. The molecule has 1 aliphatic heterocycles. The summed E-state index contributed by atoms with van der Waals surface area (Å²) in [6, 6.07) is 15.1. The molecule has 2 N–H and O–H groups in total. The molecule has 2 amide bonds. The number of hydrogen-bond acceptors (Lipinski definition) is 5. The molecule has 0 unspecified atom stereocenters. The van der Waals surface area contributed by atoms with Gasteiger partial charge in [0.1, 0.15) is 11.5 Å². The van der Waals surface area contributed by atoms with Gasteiger partial charge in [-0.05, 0) is 68.1 Å². The van der Waals surface area contributed by atoms with Crippen LogP contribution in [-0.2, 0) is 4.79 Å². The summed E-state index contributed by atoms with van der Waals surface area (Å²) in [7, 11) is 0. The van der Waals surface area contributed by atoms with Crippen molar-refractivity contribution in [2.45, 2.75) is 37.8 Å². The first kappa shape index (κ1) is 19.4. The number of benzene rings is 2. The van der Waals surface area contributed by atoms with E-state index in [1.54, 1.807) is 24.4 Å². The fraction of sp³-hybridized carbons (Fsp3) is 0.292. The Morgan fingerprint density at radius 1 is 1.10 bits per heavy atom. The molecule has 2 aliphatic rings. The number of ether oxygens (including phenoxy) is 2. The second kappa shape index (κ2) is 8.26. The number of pyridine rings is 1. The molecule has 158 valence electrons. The Hall–Kier alpha value is -3.61. The molecule has 1 aromatic heterocycles. The number of aromatic nitrogens is 1. The highest BCUT2D eigenvalue weighted by molar-refractivity contribution is 5.99. The molecule has 0 saturated heterocycles. The maximum Gasteiger partial charge on any atom is 0.262 e. The first-order valence-electron chi connectivity index (χ1n) is 10.5. The van der Waals surface area contributed by atoms with Crippen molar-refractivity contribution in [3.63, 3.8) is 0 Å². The van der Waals surface area contributed by atoms with Gasteiger partial charge in [-0.1, -0.05) is 6.07 Å². The standard InChI is InChI=1S/C24H23N3O4/c28-23-14-30-22-13-16(3-9-21(22)27-23)24(29)26-17-4-6-18(7-5-17)31-19-8-10-20-15(12-19)2-1-11-25-20/h1-3,8-13,17-18H,4-7,14H2,(H,26,29)(H,27,28). The molecule has 1 saturated carbocycles. The summed E-state index contributed by atoms with van der Waals surface area (Å²) in [6.07, 6.45) is 5.42. The van der Waals surface area contributed by atoms with E-state index in [1.165, 1.54) is 0 Å². The molecule has 2 aromatic carbocycles. The minimum Gasteiger partial charge on any atom is -0.490 e. The van der Waals surface area contributed by atoms with Gasteiger partial charge in [-0.3, -0.25) is 14.6 Å².